The highest BCUT2D eigenvalue weighted by Gasteiger charge is 2.34. The van der Waals surface area contributed by atoms with E-state index in [0.29, 0.717) is 24.7 Å². The zero-order valence-electron chi connectivity index (χ0n) is 24.2. The summed E-state index contributed by atoms with van der Waals surface area (Å²) in [5.74, 6) is 0.0479. The van der Waals surface area contributed by atoms with Gasteiger partial charge in [-0.2, -0.15) is 0 Å². The van der Waals surface area contributed by atoms with Gasteiger partial charge in [0.1, 0.15) is 25.8 Å². The fourth-order valence-corrected chi connectivity index (χ4v) is 5.70. The minimum Gasteiger partial charge on any atom is -0.486 e. The SMILES string of the molecule is CC(C)(C)NC(=O)[C@H](Cc1ccccc1)N(Cc1ccc(Br)cc1)C(=O)CN(c1ccc2c(c1)OCCO2)S(C)(=O)=O. The number of hydrogen-bond acceptors (Lipinski definition) is 6. The Morgan fingerprint density at radius 3 is 2.19 bits per heavy atom. The first-order valence-corrected chi connectivity index (χ1v) is 16.2. The minimum atomic E-state index is -3.90. The lowest BCUT2D eigenvalue weighted by molar-refractivity contribution is -0.140. The summed E-state index contributed by atoms with van der Waals surface area (Å²) in [7, 11) is -3.90. The summed E-state index contributed by atoms with van der Waals surface area (Å²) in [5, 5.41) is 3.02. The molecule has 0 bridgehead atoms. The molecule has 9 nitrogen and oxygen atoms in total. The maximum absolute atomic E-state index is 14.2. The van der Waals surface area contributed by atoms with Crippen LogP contribution in [0, 0.1) is 0 Å². The Balaban J connectivity index is 1.74. The Kier molecular flexibility index (Phi) is 9.83. The van der Waals surface area contributed by atoms with E-state index in [-0.39, 0.29) is 24.6 Å². The Bertz CT molecular complexity index is 1510. The van der Waals surface area contributed by atoms with E-state index >= 15 is 0 Å². The van der Waals surface area contributed by atoms with E-state index in [1.807, 2.05) is 75.4 Å². The molecule has 4 rings (SSSR count). The van der Waals surface area contributed by atoms with Crippen LogP contribution in [0.5, 0.6) is 11.5 Å². The molecule has 2 amide bonds. The van der Waals surface area contributed by atoms with Gasteiger partial charge in [-0.05, 0) is 56.2 Å². The molecule has 0 saturated carbocycles. The highest BCUT2D eigenvalue weighted by molar-refractivity contribution is 9.10. The average molecular weight is 659 g/mol. The van der Waals surface area contributed by atoms with Gasteiger partial charge in [-0.15, -0.1) is 0 Å². The van der Waals surface area contributed by atoms with Crippen molar-refractivity contribution >= 4 is 43.5 Å². The molecule has 42 heavy (non-hydrogen) atoms. The van der Waals surface area contributed by atoms with Crippen LogP contribution < -0.4 is 19.1 Å². The first-order valence-electron chi connectivity index (χ1n) is 13.6. The molecule has 0 aliphatic carbocycles. The number of amides is 2. The van der Waals surface area contributed by atoms with E-state index in [0.717, 1.165) is 26.2 Å². The molecule has 0 spiro atoms. The number of halogens is 1. The van der Waals surface area contributed by atoms with Gasteiger partial charge in [0.05, 0.1) is 11.9 Å². The summed E-state index contributed by atoms with van der Waals surface area (Å²) < 4.78 is 39.2. The minimum absolute atomic E-state index is 0.0971. The molecule has 224 valence electrons. The van der Waals surface area contributed by atoms with E-state index < -0.39 is 34.1 Å². The highest BCUT2D eigenvalue weighted by atomic mass is 79.9. The number of carbonyl (C=O) groups excluding carboxylic acids is 2. The van der Waals surface area contributed by atoms with Crippen LogP contribution in [-0.4, -0.2) is 62.7 Å². The molecule has 1 heterocycles. The van der Waals surface area contributed by atoms with Crippen LogP contribution in [0.2, 0.25) is 0 Å². The van der Waals surface area contributed by atoms with Crippen LogP contribution in [0.15, 0.2) is 77.3 Å². The molecule has 3 aromatic rings. The number of fused-ring (bicyclic) bond motifs is 1. The number of rotatable bonds is 10. The fourth-order valence-electron chi connectivity index (χ4n) is 4.59. The molecule has 0 saturated heterocycles. The maximum atomic E-state index is 14.2. The number of hydrogen-bond donors (Lipinski definition) is 1. The summed E-state index contributed by atoms with van der Waals surface area (Å²) in [6.45, 7) is 5.93. The molecule has 1 atom stereocenters. The van der Waals surface area contributed by atoms with Crippen LogP contribution >= 0.6 is 15.9 Å². The number of nitrogens with zero attached hydrogens (tertiary/aromatic N) is 2. The van der Waals surface area contributed by atoms with Crippen molar-refractivity contribution in [3.8, 4) is 11.5 Å². The lowest BCUT2D eigenvalue weighted by Gasteiger charge is -2.35. The number of carbonyl (C=O) groups is 2. The molecule has 0 fully saturated rings. The van der Waals surface area contributed by atoms with Crippen LogP contribution in [-0.2, 0) is 32.6 Å². The second-order valence-electron chi connectivity index (χ2n) is 11.2. The molecule has 3 aromatic carbocycles. The summed E-state index contributed by atoms with van der Waals surface area (Å²) in [6.07, 6.45) is 1.29. The van der Waals surface area contributed by atoms with Crippen LogP contribution in [0.4, 0.5) is 5.69 Å². The van der Waals surface area contributed by atoms with Crippen molar-refractivity contribution in [3.05, 3.63) is 88.4 Å². The lowest BCUT2D eigenvalue weighted by Crippen LogP contribution is -2.56. The molecule has 1 aliphatic heterocycles. The molecule has 1 aliphatic rings. The van der Waals surface area contributed by atoms with Gasteiger partial charge < -0.3 is 19.7 Å². The molecule has 0 unspecified atom stereocenters. The third-order valence-corrected chi connectivity index (χ3v) is 8.20. The molecule has 0 aromatic heterocycles. The highest BCUT2D eigenvalue weighted by Crippen LogP contribution is 2.35. The van der Waals surface area contributed by atoms with Crippen molar-refractivity contribution in [2.75, 3.05) is 30.3 Å². The van der Waals surface area contributed by atoms with Crippen molar-refractivity contribution in [1.29, 1.82) is 0 Å². The smallest absolute Gasteiger partial charge is 0.244 e. The number of sulfonamides is 1. The van der Waals surface area contributed by atoms with Crippen LogP contribution in [0.3, 0.4) is 0 Å². The van der Waals surface area contributed by atoms with Gasteiger partial charge >= 0.3 is 0 Å². The van der Waals surface area contributed by atoms with Crippen LogP contribution in [0.25, 0.3) is 0 Å². The average Bonchev–Trinajstić information content (AvgIpc) is 2.93. The molecule has 11 heteroatoms. The largest absolute Gasteiger partial charge is 0.486 e. The predicted molar refractivity (Wildman–Crippen MR) is 166 cm³/mol. The second kappa shape index (κ2) is 13.2. The monoisotopic (exact) mass is 657 g/mol. The Hall–Kier alpha value is -3.57. The molecule has 0 radical (unpaired) electrons. The Labute approximate surface area is 256 Å². The van der Waals surface area contributed by atoms with Crippen molar-refractivity contribution in [1.82, 2.24) is 10.2 Å². The lowest BCUT2D eigenvalue weighted by atomic mass is 10.0. The topological polar surface area (TPSA) is 105 Å². The van der Waals surface area contributed by atoms with Crippen molar-refractivity contribution in [2.45, 2.75) is 45.3 Å². The van der Waals surface area contributed by atoms with E-state index in [1.54, 1.807) is 18.2 Å². The van der Waals surface area contributed by atoms with E-state index in [2.05, 4.69) is 21.2 Å². The van der Waals surface area contributed by atoms with Gasteiger partial charge in [0, 0.05) is 29.0 Å². The Morgan fingerprint density at radius 1 is 0.929 bits per heavy atom. The van der Waals surface area contributed by atoms with Gasteiger partial charge in [0.25, 0.3) is 0 Å². The van der Waals surface area contributed by atoms with E-state index in [9.17, 15) is 18.0 Å². The predicted octanol–water partition coefficient (Wildman–Crippen LogP) is 4.54. The van der Waals surface area contributed by atoms with Gasteiger partial charge in [-0.1, -0.05) is 58.4 Å². The maximum Gasteiger partial charge on any atom is 0.244 e. The normalized spacial score (nSPS) is 13.6. The standard InChI is InChI=1S/C31H36BrN3O6S/c1-31(2,3)33-30(37)26(18-22-8-6-5-7-9-22)34(20-23-10-12-24(32)13-11-23)29(36)21-35(42(4,38)39)25-14-15-27-28(19-25)41-17-16-40-27/h5-15,19,26H,16-18,20-21H2,1-4H3,(H,33,37)/t26-/m0/s1. The number of nitrogens with one attached hydrogen (secondary N) is 1. The third kappa shape index (κ3) is 8.48. The summed E-state index contributed by atoms with van der Waals surface area (Å²) in [5.41, 5.74) is 1.37. The summed E-state index contributed by atoms with van der Waals surface area (Å²) >= 11 is 3.44. The number of ether oxygens (including phenoxy) is 2. The first-order chi connectivity index (χ1) is 19.8. The van der Waals surface area contributed by atoms with E-state index in [1.165, 1.54) is 4.90 Å². The quantitative estimate of drug-likeness (QED) is 0.343. The molecular weight excluding hydrogens is 622 g/mol. The van der Waals surface area contributed by atoms with Crippen molar-refractivity contribution < 1.29 is 27.5 Å². The van der Waals surface area contributed by atoms with Gasteiger partial charge in [0.2, 0.25) is 21.8 Å². The third-order valence-electron chi connectivity index (χ3n) is 6.53. The van der Waals surface area contributed by atoms with Gasteiger partial charge in [0.15, 0.2) is 11.5 Å². The first kappa shape index (κ1) is 31.4. The molecular formula is C31H36BrN3O6S. The summed E-state index contributed by atoms with van der Waals surface area (Å²) in [6, 6.07) is 20.7. The van der Waals surface area contributed by atoms with Crippen molar-refractivity contribution in [2.24, 2.45) is 0 Å². The number of benzene rings is 3. The second-order valence-corrected chi connectivity index (χ2v) is 14.0. The molecule has 1 N–H and O–H groups in total. The zero-order chi connectivity index (χ0) is 30.5. The fraction of sp³-hybridized carbons (Fsp3) is 0.355. The van der Waals surface area contributed by atoms with Gasteiger partial charge in [-0.3, -0.25) is 13.9 Å². The van der Waals surface area contributed by atoms with Crippen molar-refractivity contribution in [3.63, 3.8) is 0 Å². The van der Waals surface area contributed by atoms with Crippen LogP contribution in [0.1, 0.15) is 31.9 Å². The van der Waals surface area contributed by atoms with E-state index in [4.69, 9.17) is 9.47 Å². The summed E-state index contributed by atoms with van der Waals surface area (Å²) in [4.78, 5) is 29.5. The van der Waals surface area contributed by atoms with Gasteiger partial charge in [-0.25, -0.2) is 8.42 Å². The zero-order valence-corrected chi connectivity index (χ0v) is 26.6. The Morgan fingerprint density at radius 2 is 1.57 bits per heavy atom. The number of anilines is 1.